The number of carbonyl (C=O) groups is 4. The Morgan fingerprint density at radius 2 is 1.75 bits per heavy atom. The molecular formula is C52H69ClF2N4O7S. The molecule has 3 saturated heterocycles. The maximum atomic E-state index is 16.0. The van der Waals surface area contributed by atoms with Gasteiger partial charge < -0.3 is 34.6 Å². The molecule has 0 aromatic heterocycles. The molecule has 2 N–H and O–H groups in total. The number of hydrogen-bond donors (Lipinski definition) is 1. The molecule has 4 aliphatic heterocycles. The summed E-state index contributed by atoms with van der Waals surface area (Å²) in [5.74, 6) is -2.13. The van der Waals surface area contributed by atoms with Gasteiger partial charge in [-0.3, -0.25) is 14.4 Å². The van der Waals surface area contributed by atoms with Crippen molar-refractivity contribution in [1.82, 2.24) is 4.90 Å². The van der Waals surface area contributed by atoms with E-state index in [0.717, 1.165) is 38.5 Å². The van der Waals surface area contributed by atoms with Crippen LogP contribution in [0, 0.1) is 45.2 Å². The number of Topliss-reactive ketones (excluding diaryl/α,β-unsaturated/α-hetero) is 1. The number of alkyl halides is 1. The summed E-state index contributed by atoms with van der Waals surface area (Å²) >= 11 is 8.70. The maximum Gasteiger partial charge on any atom is 0.335 e. The number of nitrogens with two attached hydrogens (primary N) is 1. The number of anilines is 2. The highest BCUT2D eigenvalue weighted by atomic mass is 35.5. The summed E-state index contributed by atoms with van der Waals surface area (Å²) in [6.45, 7) is 13.5. The van der Waals surface area contributed by atoms with Gasteiger partial charge in [-0.05, 0) is 94.2 Å². The first-order chi connectivity index (χ1) is 31.8. The molecular weight excluding hydrogens is 898 g/mol. The predicted octanol–water partition coefficient (Wildman–Crippen LogP) is 8.51. The summed E-state index contributed by atoms with van der Waals surface area (Å²) in [7, 11) is 2.21. The summed E-state index contributed by atoms with van der Waals surface area (Å²) in [6, 6.07) is 1.87. The number of piperidine rings is 1. The molecule has 1 spiro atoms. The van der Waals surface area contributed by atoms with Crippen LogP contribution in [-0.4, -0.2) is 109 Å². The Morgan fingerprint density at radius 1 is 1.03 bits per heavy atom. The van der Waals surface area contributed by atoms with E-state index in [0.29, 0.717) is 60.9 Å². The molecule has 5 saturated carbocycles. The lowest BCUT2D eigenvalue weighted by Crippen LogP contribution is -2.63. The zero-order valence-corrected chi connectivity index (χ0v) is 41.4. The lowest BCUT2D eigenvalue weighted by atomic mass is 9.44. The molecule has 1 aromatic rings. The minimum Gasteiger partial charge on any atom is -0.462 e. The second-order valence-corrected chi connectivity index (χ2v) is 24.5. The Bertz CT molecular complexity index is 2250. The molecule has 1 aromatic carbocycles. The van der Waals surface area contributed by atoms with E-state index in [-0.39, 0.29) is 88.9 Å². The number of hydrogen-bond acceptors (Lipinski definition) is 12. The topological polar surface area (TPSA) is 132 Å². The fourth-order valence-electron chi connectivity index (χ4n) is 14.6. The van der Waals surface area contributed by atoms with Crippen molar-refractivity contribution in [3.63, 3.8) is 0 Å². The molecule has 15 heteroatoms. The lowest BCUT2D eigenvalue weighted by Gasteiger charge is -2.62. The summed E-state index contributed by atoms with van der Waals surface area (Å²) in [5, 5.41) is 0.581. The van der Waals surface area contributed by atoms with Crippen molar-refractivity contribution in [2.45, 2.75) is 165 Å². The van der Waals surface area contributed by atoms with Crippen LogP contribution in [0.25, 0.3) is 0 Å². The Balaban J connectivity index is 0.832. The minimum absolute atomic E-state index is 0.0134. The van der Waals surface area contributed by atoms with Crippen molar-refractivity contribution in [2.24, 2.45) is 45.1 Å². The molecule has 10 rings (SSSR count). The highest BCUT2D eigenvalue weighted by molar-refractivity contribution is 8.00. The number of halogens is 3. The van der Waals surface area contributed by atoms with Crippen LogP contribution >= 0.6 is 23.4 Å². The molecule has 5 aliphatic carbocycles. The van der Waals surface area contributed by atoms with Crippen molar-refractivity contribution in [2.75, 3.05) is 42.3 Å². The van der Waals surface area contributed by atoms with Gasteiger partial charge in [0.05, 0.1) is 40.2 Å². The van der Waals surface area contributed by atoms with Crippen molar-refractivity contribution in [3.05, 3.63) is 46.9 Å². The molecule has 9 aliphatic rings. The maximum absolute atomic E-state index is 16.0. The number of nitrogens with zero attached hydrogens (tertiary/aromatic N) is 3. The molecule has 4 heterocycles. The van der Waals surface area contributed by atoms with Crippen LogP contribution in [0.5, 0.6) is 0 Å². The average molecular weight is 968 g/mol. The van der Waals surface area contributed by atoms with Crippen molar-refractivity contribution in [3.8, 4) is 0 Å². The third-order valence-corrected chi connectivity index (χ3v) is 20.8. The fraction of sp³-hybridized carbons (Fsp3) is 0.731. The van der Waals surface area contributed by atoms with Gasteiger partial charge in [0.2, 0.25) is 0 Å². The smallest absolute Gasteiger partial charge is 0.335 e. The first-order valence-electron chi connectivity index (χ1n) is 25.0. The van der Waals surface area contributed by atoms with Crippen LogP contribution < -0.4 is 15.5 Å². The molecule has 0 amide bonds. The third-order valence-electron chi connectivity index (χ3n) is 19.2. The Morgan fingerprint density at radius 3 is 2.40 bits per heavy atom. The zero-order valence-electron chi connectivity index (χ0n) is 39.8. The standard InChI is InChI=1S/C52H69ClF2N4O7S/c1-7-49(4)23-40(65-42(62)26-67-34-20-32-8-9-33(21-34)57(32)6)50(5)28(2)10-13-52(14-11-38(60)46(50)52)29(3)47(49)66-41(61)12-17-64-48(63)31-18-30-19-36(55)45(58-25-39(56)51(27-58)15-16-51)43(53)44(30)59(24-31)37-22-35(37)54/h7,19,24,28-29,32-35,37,39-40,46-47H,1,8-18,20-23,25-27,56H2,2-6H3/t28?,29-,32?,33?,34?,35+,37?,39-,40+,46?,47-,49+,50-,52?/m1/s1. The van der Waals surface area contributed by atoms with Crippen LogP contribution in [-0.2, 0) is 39.8 Å². The molecule has 13 atom stereocenters. The number of ether oxygens (including phenoxy) is 3. The number of esters is 3. The van der Waals surface area contributed by atoms with Gasteiger partial charge in [-0.25, -0.2) is 13.6 Å². The first kappa shape index (κ1) is 47.5. The van der Waals surface area contributed by atoms with Crippen LogP contribution in [0.4, 0.5) is 20.2 Å². The highest BCUT2D eigenvalue weighted by Crippen LogP contribution is 2.68. The molecule has 6 unspecified atom stereocenters. The lowest BCUT2D eigenvalue weighted by molar-refractivity contribution is -0.213. The van der Waals surface area contributed by atoms with Gasteiger partial charge in [-0.2, -0.15) is 0 Å². The van der Waals surface area contributed by atoms with E-state index in [1.165, 1.54) is 18.9 Å². The number of carbonyl (C=O) groups excluding carboxylic acids is 4. The highest BCUT2D eigenvalue weighted by Gasteiger charge is 2.69. The first-order valence-corrected chi connectivity index (χ1v) is 26.5. The Labute approximate surface area is 403 Å². The van der Waals surface area contributed by atoms with Gasteiger partial charge in [0.15, 0.2) is 0 Å². The van der Waals surface area contributed by atoms with Crippen LogP contribution in [0.1, 0.15) is 117 Å². The van der Waals surface area contributed by atoms with Crippen LogP contribution in [0.15, 0.2) is 30.5 Å². The van der Waals surface area contributed by atoms with Gasteiger partial charge in [-0.15, -0.1) is 18.3 Å². The summed E-state index contributed by atoms with van der Waals surface area (Å²) in [5.41, 5.74) is 5.88. The number of ketones is 1. The van der Waals surface area contributed by atoms with E-state index in [2.05, 4.69) is 39.3 Å². The van der Waals surface area contributed by atoms with E-state index < -0.39 is 58.4 Å². The summed E-state index contributed by atoms with van der Waals surface area (Å²) < 4.78 is 49.6. The largest absolute Gasteiger partial charge is 0.462 e. The van der Waals surface area contributed by atoms with Gasteiger partial charge in [0, 0.05) is 90.0 Å². The quantitative estimate of drug-likeness (QED) is 0.122. The van der Waals surface area contributed by atoms with Crippen LogP contribution in [0.3, 0.4) is 0 Å². The summed E-state index contributed by atoms with van der Waals surface area (Å²) in [4.78, 5) is 62.0. The fourth-order valence-corrected chi connectivity index (χ4v) is 16.2. The second kappa shape index (κ2) is 17.3. The second-order valence-electron chi connectivity index (χ2n) is 22.8. The third kappa shape index (κ3) is 7.96. The molecule has 8 fully saturated rings. The van der Waals surface area contributed by atoms with E-state index in [4.69, 9.17) is 31.5 Å². The predicted molar refractivity (Wildman–Crippen MR) is 255 cm³/mol. The SMILES string of the molecule is C=C[C@@]1(C)C[C@H](OC(=O)CSC2CC3CCC(C2)N3C)[C@@]2(C)C(C)CCC3(CCC(=O)C32)[C@H](C)[C@H]1OC(=O)CCOC(=O)C1=CN(C2C[C@@H]2F)c2c(cc(F)c(N3C[C@@H](N)C4(CC4)C3)c2Cl)C1. The van der Waals surface area contributed by atoms with E-state index >= 15 is 4.39 Å². The van der Waals surface area contributed by atoms with Gasteiger partial charge in [0.1, 0.15) is 36.6 Å². The van der Waals surface area contributed by atoms with E-state index in [1.54, 1.807) is 22.9 Å². The van der Waals surface area contributed by atoms with Crippen molar-refractivity contribution >= 4 is 58.4 Å². The number of benzene rings is 1. The number of thioether (sulfide) groups is 1. The van der Waals surface area contributed by atoms with Crippen molar-refractivity contribution in [1.29, 1.82) is 0 Å². The minimum atomic E-state index is -1.14. The molecule has 0 radical (unpaired) electrons. The van der Waals surface area contributed by atoms with Crippen molar-refractivity contribution < 1.29 is 42.2 Å². The monoisotopic (exact) mass is 966 g/mol. The van der Waals surface area contributed by atoms with E-state index in [9.17, 15) is 23.6 Å². The van der Waals surface area contributed by atoms with E-state index in [1.807, 2.05) is 17.9 Å². The number of rotatable bonds is 12. The Hall–Kier alpha value is -3.20. The molecule has 4 bridgehead atoms. The molecule has 11 nitrogen and oxygen atoms in total. The normalized spacial score (nSPS) is 40.3. The van der Waals surface area contributed by atoms with Crippen LogP contribution in [0.2, 0.25) is 5.02 Å². The number of fused-ring (bicyclic) bond motifs is 3. The van der Waals surface area contributed by atoms with Gasteiger partial charge in [0.25, 0.3) is 0 Å². The summed E-state index contributed by atoms with van der Waals surface area (Å²) in [6.07, 6.45) is 10.5. The average Bonchev–Trinajstić information content (AvgIpc) is 4.16. The zero-order chi connectivity index (χ0) is 47.5. The molecule has 67 heavy (non-hydrogen) atoms. The molecule has 366 valence electrons. The Kier molecular flexibility index (Phi) is 12.2. The van der Waals surface area contributed by atoms with Gasteiger partial charge >= 0.3 is 17.9 Å². The van der Waals surface area contributed by atoms with Gasteiger partial charge in [-0.1, -0.05) is 45.4 Å².